The van der Waals surface area contributed by atoms with Crippen LogP contribution in [-0.2, 0) is 44.0 Å². The van der Waals surface area contributed by atoms with Crippen molar-refractivity contribution in [3.8, 4) is 0 Å². The Hall–Kier alpha value is 0.566. The molecule has 0 aliphatic carbocycles. The van der Waals surface area contributed by atoms with Gasteiger partial charge in [-0.15, -0.1) is 13.6 Å². The van der Waals surface area contributed by atoms with Crippen LogP contribution in [-0.4, -0.2) is 19.8 Å². The Balaban J connectivity index is -0.000000130. The van der Waals surface area contributed by atoms with Gasteiger partial charge in [0.05, 0.1) is 0 Å². The molecule has 0 saturated carbocycles. The van der Waals surface area contributed by atoms with E-state index in [1.54, 1.807) is 0 Å². The van der Waals surface area contributed by atoms with Gasteiger partial charge in [0.15, 0.2) is 0 Å². The van der Waals surface area contributed by atoms with Crippen LogP contribution in [0.15, 0.2) is 0 Å². The molecule has 0 saturated heterocycles. The van der Waals surface area contributed by atoms with Crippen molar-refractivity contribution < 1.29 is 58.7 Å². The van der Waals surface area contributed by atoms with Crippen LogP contribution in [0.25, 0.3) is 0 Å². The van der Waals surface area contributed by atoms with Crippen molar-refractivity contribution in [3.63, 3.8) is 0 Å². The molecule has 13 heteroatoms. The summed E-state index contributed by atoms with van der Waals surface area (Å²) in [4.78, 5) is 29.1. The van der Waals surface area contributed by atoms with Crippen LogP contribution in [0.4, 0.5) is 0 Å². The molecule has 150 valence electrons. The molecule has 0 aromatic heterocycles. The molecule has 25 heavy (non-hydrogen) atoms. The standard InChI is InChI=1S/3C4H9O3P.Co/c3*1-2-3-4-7-8(5)6;/h3*2-4H2,1H3;/q;;;+3. The van der Waals surface area contributed by atoms with Gasteiger partial charge < -0.3 is 14.7 Å². The maximum absolute atomic E-state index is 9.69. The van der Waals surface area contributed by atoms with Gasteiger partial charge in [0.25, 0.3) is 0 Å². The Labute approximate surface area is 162 Å². The molecule has 0 aromatic rings. The summed E-state index contributed by atoms with van der Waals surface area (Å²) >= 11 is 0. The van der Waals surface area contributed by atoms with Crippen LogP contribution < -0.4 is 14.7 Å². The summed E-state index contributed by atoms with van der Waals surface area (Å²) in [6.45, 7) is 6.91. The third-order valence-electron chi connectivity index (χ3n) is 2.08. The smallest absolute Gasteiger partial charge is 0.566 e. The summed E-state index contributed by atoms with van der Waals surface area (Å²) in [5, 5.41) is 0. The molecular weight excluding hydrogens is 440 g/mol. The van der Waals surface area contributed by atoms with E-state index in [9.17, 15) is 28.4 Å². The Kier molecular flexibility index (Phi) is 38.9. The Bertz CT molecular complexity index is 275. The molecule has 0 fully saturated rings. The molecule has 0 radical (unpaired) electrons. The molecular formula is C12H27CoO9P3+3. The zero-order valence-electron chi connectivity index (χ0n) is 14.7. The summed E-state index contributed by atoms with van der Waals surface area (Å²) in [7, 11) is -7.84. The zero-order valence-corrected chi connectivity index (χ0v) is 18.4. The first kappa shape index (κ1) is 33.2. The van der Waals surface area contributed by atoms with E-state index in [4.69, 9.17) is 0 Å². The van der Waals surface area contributed by atoms with Crippen LogP contribution in [0, 0.1) is 0 Å². The van der Waals surface area contributed by atoms with Gasteiger partial charge in [0, 0.05) is 0 Å². The third kappa shape index (κ3) is 51.6. The van der Waals surface area contributed by atoms with E-state index >= 15 is 0 Å². The summed E-state index contributed by atoms with van der Waals surface area (Å²) in [5.41, 5.74) is 0. The predicted octanol–water partition coefficient (Wildman–Crippen LogP) is 2.46. The number of hydrogen-bond acceptors (Lipinski definition) is 9. The SMILES string of the molecule is CCCCO[P+](=O)[O-].CCCCO[P+](=O)[O-].CCCCO[P+](=O)[O-].[Co+3]. The summed E-state index contributed by atoms with van der Waals surface area (Å²) in [6, 6.07) is 0. The van der Waals surface area contributed by atoms with Gasteiger partial charge in [-0.2, -0.15) is 0 Å². The van der Waals surface area contributed by atoms with Crippen molar-refractivity contribution in [3.05, 3.63) is 0 Å². The van der Waals surface area contributed by atoms with Crippen LogP contribution in [0.3, 0.4) is 0 Å². The molecule has 3 atom stereocenters. The third-order valence-corrected chi connectivity index (χ3v) is 3.26. The fraction of sp³-hybridized carbons (Fsp3) is 1.00. The van der Waals surface area contributed by atoms with E-state index in [0.29, 0.717) is 19.8 Å². The van der Waals surface area contributed by atoms with Crippen molar-refractivity contribution in [1.82, 2.24) is 0 Å². The second-order valence-electron chi connectivity index (χ2n) is 4.23. The second-order valence-corrected chi connectivity index (χ2v) is 6.35. The van der Waals surface area contributed by atoms with Crippen molar-refractivity contribution in [2.75, 3.05) is 19.8 Å². The van der Waals surface area contributed by atoms with E-state index in [2.05, 4.69) is 13.6 Å². The Morgan fingerprint density at radius 1 is 0.600 bits per heavy atom. The Morgan fingerprint density at radius 2 is 0.800 bits per heavy atom. The summed E-state index contributed by atoms with van der Waals surface area (Å²) in [6.07, 6.45) is 5.31. The Morgan fingerprint density at radius 3 is 0.920 bits per heavy atom. The maximum Gasteiger partial charge on any atom is 3.00 e. The van der Waals surface area contributed by atoms with Gasteiger partial charge in [-0.25, -0.2) is 0 Å². The molecule has 0 aromatic carbocycles. The van der Waals surface area contributed by atoms with Crippen molar-refractivity contribution >= 4 is 24.8 Å². The minimum Gasteiger partial charge on any atom is -0.566 e. The molecule has 0 amide bonds. The van der Waals surface area contributed by atoms with Crippen molar-refractivity contribution in [1.29, 1.82) is 0 Å². The normalized spacial score (nSPS) is 11.0. The molecule has 0 aliphatic rings. The van der Waals surface area contributed by atoms with E-state index in [-0.39, 0.29) is 16.8 Å². The van der Waals surface area contributed by atoms with Crippen LogP contribution >= 0.6 is 24.8 Å². The molecule has 3 unspecified atom stereocenters. The maximum atomic E-state index is 9.69. The van der Waals surface area contributed by atoms with Crippen molar-refractivity contribution in [2.45, 2.75) is 59.3 Å². The molecule has 0 heterocycles. The van der Waals surface area contributed by atoms with Gasteiger partial charge in [-0.05, 0) is 33.0 Å². The van der Waals surface area contributed by atoms with Crippen LogP contribution in [0.1, 0.15) is 59.3 Å². The average molecular weight is 467 g/mol. The first-order chi connectivity index (χ1) is 11.3. The number of unbranched alkanes of at least 4 members (excludes halogenated alkanes) is 3. The van der Waals surface area contributed by atoms with Gasteiger partial charge in [0.2, 0.25) is 0 Å². The molecule has 0 rings (SSSR count). The van der Waals surface area contributed by atoms with E-state index < -0.39 is 24.8 Å². The van der Waals surface area contributed by atoms with Crippen LogP contribution in [0.2, 0.25) is 0 Å². The molecule has 0 spiro atoms. The minimum absolute atomic E-state index is 0. The fourth-order valence-corrected chi connectivity index (χ4v) is 1.68. The minimum atomic E-state index is -2.61. The monoisotopic (exact) mass is 467 g/mol. The van der Waals surface area contributed by atoms with Crippen molar-refractivity contribution in [2.24, 2.45) is 0 Å². The average Bonchev–Trinajstić information content (AvgIpc) is 2.48. The van der Waals surface area contributed by atoms with E-state index in [0.717, 1.165) is 38.5 Å². The summed E-state index contributed by atoms with van der Waals surface area (Å²) in [5.74, 6) is 0. The van der Waals surface area contributed by atoms with Gasteiger partial charge >= 0.3 is 41.5 Å². The summed E-state index contributed by atoms with van der Waals surface area (Å²) < 4.78 is 41.8. The molecule has 0 bridgehead atoms. The largest absolute Gasteiger partial charge is 3.00 e. The van der Waals surface area contributed by atoms with Gasteiger partial charge in [-0.3, -0.25) is 0 Å². The molecule has 9 nitrogen and oxygen atoms in total. The van der Waals surface area contributed by atoms with Gasteiger partial charge in [0.1, 0.15) is 19.8 Å². The number of hydrogen-bond donors (Lipinski definition) is 0. The topological polar surface area (TPSA) is 148 Å². The fourth-order valence-electron chi connectivity index (χ4n) is 0.850. The number of rotatable bonds is 12. The first-order valence-corrected chi connectivity index (χ1v) is 10.9. The van der Waals surface area contributed by atoms with Crippen LogP contribution in [0.5, 0.6) is 0 Å². The second kappa shape index (κ2) is 29.3. The zero-order chi connectivity index (χ0) is 19.2. The van der Waals surface area contributed by atoms with Gasteiger partial charge in [-0.1, -0.05) is 40.0 Å². The molecule has 0 N–H and O–H groups in total. The predicted molar refractivity (Wildman–Crippen MR) is 85.4 cm³/mol. The quantitative estimate of drug-likeness (QED) is 0.312. The van der Waals surface area contributed by atoms with E-state index in [1.165, 1.54) is 0 Å². The first-order valence-electron chi connectivity index (χ1n) is 7.63. The van der Waals surface area contributed by atoms with E-state index in [1.807, 2.05) is 20.8 Å². The molecule has 0 aliphatic heterocycles.